The predicted molar refractivity (Wildman–Crippen MR) is 76.7 cm³/mol. The Morgan fingerprint density at radius 1 is 1.12 bits per heavy atom. The molecule has 0 saturated carbocycles. The molecule has 2 aromatic heterocycles. The van der Waals surface area contributed by atoms with Gasteiger partial charge in [0.15, 0.2) is 5.78 Å². The van der Waals surface area contributed by atoms with Gasteiger partial charge in [0.25, 0.3) is 0 Å². The lowest BCUT2D eigenvalue weighted by Gasteiger charge is -2.03. The fourth-order valence-electron chi connectivity index (χ4n) is 2.26. The van der Waals surface area contributed by atoms with Crippen LogP contribution in [0, 0.1) is 13.8 Å². The van der Waals surface area contributed by atoms with Gasteiger partial charge in [-0.2, -0.15) is 0 Å². The molecule has 1 aromatic carbocycles. The average molecular weight is 260 g/mol. The molecule has 2 heterocycles. The van der Waals surface area contributed by atoms with Gasteiger partial charge >= 0.3 is 0 Å². The van der Waals surface area contributed by atoms with Crippen molar-refractivity contribution in [2.45, 2.75) is 20.8 Å². The quantitative estimate of drug-likeness (QED) is 0.567. The summed E-state index contributed by atoms with van der Waals surface area (Å²) in [5.41, 5.74) is 2.61. The van der Waals surface area contributed by atoms with Crippen LogP contribution in [0.3, 0.4) is 0 Å². The third-order valence-corrected chi connectivity index (χ3v) is 5.62. The Hall–Kier alpha value is -1.19. The number of aryl methyl sites for hydroxylation is 2. The maximum atomic E-state index is 11.5. The van der Waals surface area contributed by atoms with Crippen molar-refractivity contribution in [1.82, 2.24) is 0 Å². The van der Waals surface area contributed by atoms with Crippen molar-refractivity contribution < 1.29 is 4.79 Å². The number of Topliss-reactive ketones (excluding diaryl/α,β-unsaturated/α-hetero) is 1. The van der Waals surface area contributed by atoms with E-state index in [9.17, 15) is 4.79 Å². The summed E-state index contributed by atoms with van der Waals surface area (Å²) < 4.78 is 2.61. The second-order valence-electron chi connectivity index (χ2n) is 4.32. The normalized spacial score (nSPS) is 11.5. The number of benzene rings is 1. The first-order chi connectivity index (χ1) is 8.09. The van der Waals surface area contributed by atoms with E-state index >= 15 is 0 Å². The molecule has 3 heteroatoms. The summed E-state index contributed by atoms with van der Waals surface area (Å²) in [6.07, 6.45) is 0. The number of fused-ring (bicyclic) bond motifs is 2. The molecule has 0 spiro atoms. The molecule has 0 aliphatic rings. The monoisotopic (exact) mass is 260 g/mol. The van der Waals surface area contributed by atoms with Crippen molar-refractivity contribution in [3.63, 3.8) is 0 Å². The number of thiophene rings is 2. The Morgan fingerprint density at radius 3 is 2.53 bits per heavy atom. The van der Waals surface area contributed by atoms with Crippen LogP contribution in [0.15, 0.2) is 17.5 Å². The first kappa shape index (κ1) is 10.9. The van der Waals surface area contributed by atoms with E-state index in [0.717, 1.165) is 4.88 Å². The maximum Gasteiger partial charge on any atom is 0.169 e. The number of rotatable bonds is 1. The molecule has 0 amide bonds. The molecule has 0 N–H and O–H groups in total. The van der Waals surface area contributed by atoms with Crippen LogP contribution in [-0.4, -0.2) is 5.78 Å². The first-order valence-electron chi connectivity index (χ1n) is 5.50. The van der Waals surface area contributed by atoms with Gasteiger partial charge in [-0.1, -0.05) is 0 Å². The number of carbonyl (C=O) groups is 1. The SMILES string of the molecule is CC(=O)c1cc2c(C)c3sccc3c(C)c2s1. The minimum atomic E-state index is 0.161. The summed E-state index contributed by atoms with van der Waals surface area (Å²) in [7, 11) is 0. The van der Waals surface area contributed by atoms with Gasteiger partial charge in [-0.05, 0) is 60.2 Å². The fraction of sp³-hybridized carbons (Fsp3) is 0.214. The second kappa shape index (κ2) is 3.65. The maximum absolute atomic E-state index is 11.5. The van der Waals surface area contributed by atoms with Gasteiger partial charge in [0.1, 0.15) is 0 Å². The second-order valence-corrected chi connectivity index (χ2v) is 6.29. The molecule has 1 nitrogen and oxygen atoms in total. The lowest BCUT2D eigenvalue weighted by Crippen LogP contribution is -1.83. The Bertz CT molecular complexity index is 692. The predicted octanol–water partition coefficient (Wildman–Crippen LogP) is 4.94. The van der Waals surface area contributed by atoms with Crippen LogP contribution in [0.5, 0.6) is 0 Å². The largest absolute Gasteiger partial charge is 0.294 e. The van der Waals surface area contributed by atoms with Gasteiger partial charge in [-0.25, -0.2) is 0 Å². The van der Waals surface area contributed by atoms with E-state index in [1.807, 2.05) is 6.07 Å². The minimum absolute atomic E-state index is 0.161. The zero-order chi connectivity index (χ0) is 12.2. The Balaban J connectivity index is 2.53. The average Bonchev–Trinajstić information content (AvgIpc) is 2.92. The van der Waals surface area contributed by atoms with E-state index < -0.39 is 0 Å². The Labute approximate surface area is 108 Å². The zero-order valence-electron chi connectivity index (χ0n) is 9.96. The highest BCUT2D eigenvalue weighted by atomic mass is 32.1. The highest BCUT2D eigenvalue weighted by molar-refractivity contribution is 7.21. The summed E-state index contributed by atoms with van der Waals surface area (Å²) in [5.74, 6) is 0.161. The van der Waals surface area contributed by atoms with E-state index in [1.54, 1.807) is 29.6 Å². The van der Waals surface area contributed by atoms with Gasteiger partial charge in [-0.15, -0.1) is 22.7 Å². The molecule has 3 aromatic rings. The smallest absolute Gasteiger partial charge is 0.169 e. The number of hydrogen-bond acceptors (Lipinski definition) is 3. The van der Waals surface area contributed by atoms with Crippen LogP contribution in [0.2, 0.25) is 0 Å². The molecule has 17 heavy (non-hydrogen) atoms. The molecule has 3 rings (SSSR count). The summed E-state index contributed by atoms with van der Waals surface area (Å²) in [6.45, 7) is 5.94. The summed E-state index contributed by atoms with van der Waals surface area (Å²) in [6, 6.07) is 4.22. The van der Waals surface area contributed by atoms with Crippen LogP contribution < -0.4 is 0 Å². The van der Waals surface area contributed by atoms with Crippen LogP contribution in [-0.2, 0) is 0 Å². The molecule has 0 atom stereocenters. The molecule has 0 radical (unpaired) electrons. The van der Waals surface area contributed by atoms with Crippen LogP contribution in [0.1, 0.15) is 27.7 Å². The molecule has 0 fully saturated rings. The molecule has 0 aliphatic heterocycles. The standard InChI is InChI=1S/C14H12OS2/c1-7-10-4-5-16-13(10)8(2)11-6-12(9(3)15)17-14(7)11/h4-6H,1-3H3. The summed E-state index contributed by atoms with van der Waals surface area (Å²) in [5, 5.41) is 4.71. The van der Waals surface area contributed by atoms with E-state index in [-0.39, 0.29) is 5.78 Å². The topological polar surface area (TPSA) is 17.1 Å². The van der Waals surface area contributed by atoms with Crippen molar-refractivity contribution in [2.24, 2.45) is 0 Å². The third-order valence-electron chi connectivity index (χ3n) is 3.23. The molecular formula is C14H12OS2. The van der Waals surface area contributed by atoms with Crippen molar-refractivity contribution >= 4 is 48.6 Å². The van der Waals surface area contributed by atoms with Crippen molar-refractivity contribution in [3.8, 4) is 0 Å². The molecule has 0 unspecified atom stereocenters. The van der Waals surface area contributed by atoms with Gasteiger partial charge in [-0.3, -0.25) is 4.79 Å². The van der Waals surface area contributed by atoms with Gasteiger partial charge in [0.05, 0.1) is 4.88 Å². The first-order valence-corrected chi connectivity index (χ1v) is 7.20. The molecule has 0 aliphatic carbocycles. The van der Waals surface area contributed by atoms with Gasteiger partial charge in [0.2, 0.25) is 0 Å². The van der Waals surface area contributed by atoms with Gasteiger partial charge in [0, 0.05) is 9.40 Å². The van der Waals surface area contributed by atoms with E-state index in [2.05, 4.69) is 25.3 Å². The molecular weight excluding hydrogens is 248 g/mol. The third kappa shape index (κ3) is 1.46. The van der Waals surface area contributed by atoms with Crippen molar-refractivity contribution in [3.05, 3.63) is 33.5 Å². The van der Waals surface area contributed by atoms with Gasteiger partial charge < -0.3 is 0 Å². The minimum Gasteiger partial charge on any atom is -0.294 e. The van der Waals surface area contributed by atoms with Crippen molar-refractivity contribution in [1.29, 1.82) is 0 Å². The van der Waals surface area contributed by atoms with E-state index in [1.165, 1.54) is 31.3 Å². The lowest BCUT2D eigenvalue weighted by atomic mass is 10.0. The van der Waals surface area contributed by atoms with Crippen LogP contribution in [0.4, 0.5) is 0 Å². The lowest BCUT2D eigenvalue weighted by molar-refractivity contribution is 0.102. The van der Waals surface area contributed by atoms with E-state index in [0.29, 0.717) is 0 Å². The highest BCUT2D eigenvalue weighted by Gasteiger charge is 2.14. The number of ketones is 1. The van der Waals surface area contributed by atoms with Crippen LogP contribution >= 0.6 is 22.7 Å². The highest BCUT2D eigenvalue weighted by Crippen LogP contribution is 2.39. The molecule has 0 bridgehead atoms. The Kier molecular flexibility index (Phi) is 2.35. The number of hydrogen-bond donors (Lipinski definition) is 0. The Morgan fingerprint density at radius 2 is 1.82 bits per heavy atom. The summed E-state index contributed by atoms with van der Waals surface area (Å²) in [4.78, 5) is 12.3. The molecule has 86 valence electrons. The van der Waals surface area contributed by atoms with Crippen molar-refractivity contribution in [2.75, 3.05) is 0 Å². The van der Waals surface area contributed by atoms with Crippen LogP contribution in [0.25, 0.3) is 20.2 Å². The van der Waals surface area contributed by atoms with E-state index in [4.69, 9.17) is 0 Å². The zero-order valence-corrected chi connectivity index (χ0v) is 11.6. The fourth-order valence-corrected chi connectivity index (χ4v) is 4.36. The molecule has 0 saturated heterocycles. The summed E-state index contributed by atoms with van der Waals surface area (Å²) >= 11 is 3.40. The number of carbonyl (C=O) groups excluding carboxylic acids is 1.